The van der Waals surface area contributed by atoms with E-state index >= 15 is 0 Å². The maximum absolute atomic E-state index is 5.99. The lowest BCUT2D eigenvalue weighted by molar-refractivity contribution is 0.466. The molecule has 15 heavy (non-hydrogen) atoms. The van der Waals surface area contributed by atoms with Gasteiger partial charge in [-0.2, -0.15) is 0 Å². The number of hydrogen-bond acceptors (Lipinski definition) is 5. The van der Waals surface area contributed by atoms with Crippen LogP contribution in [0.2, 0.25) is 5.02 Å². The number of hydrogen-bond donors (Lipinski definition) is 1. The molecule has 1 aromatic carbocycles. The molecule has 2 aromatic rings. The quantitative estimate of drug-likeness (QED) is 0.647. The fourth-order valence-electron chi connectivity index (χ4n) is 1.11. The summed E-state index contributed by atoms with van der Waals surface area (Å²) < 4.78 is 5.36. The summed E-state index contributed by atoms with van der Waals surface area (Å²) >= 11 is 7.37. The molecule has 0 atom stereocenters. The molecule has 0 saturated heterocycles. The van der Waals surface area contributed by atoms with Gasteiger partial charge in [-0.3, -0.25) is 0 Å². The average Bonchev–Trinajstić information content (AvgIpc) is 2.70. The monoisotopic (exact) mass is 241 g/mol. The number of benzene rings is 1. The van der Waals surface area contributed by atoms with Crippen molar-refractivity contribution in [3.8, 4) is 11.5 Å². The van der Waals surface area contributed by atoms with Gasteiger partial charge in [-0.25, -0.2) is 0 Å². The van der Waals surface area contributed by atoms with Crippen LogP contribution in [0.5, 0.6) is 0 Å². The van der Waals surface area contributed by atoms with Crippen LogP contribution in [-0.2, 0) is 0 Å². The maximum atomic E-state index is 5.99. The van der Waals surface area contributed by atoms with E-state index in [0.29, 0.717) is 27.4 Å². The first-order valence-corrected chi connectivity index (χ1v) is 5.74. The van der Waals surface area contributed by atoms with Crippen LogP contribution in [0.25, 0.3) is 11.5 Å². The van der Waals surface area contributed by atoms with Gasteiger partial charge in [-0.05, 0) is 24.5 Å². The van der Waals surface area contributed by atoms with E-state index in [1.165, 1.54) is 11.8 Å². The van der Waals surface area contributed by atoms with E-state index in [-0.39, 0.29) is 0 Å². The minimum atomic E-state index is 0.386. The molecule has 2 N–H and O–H groups in total. The highest BCUT2D eigenvalue weighted by Crippen LogP contribution is 2.29. The van der Waals surface area contributed by atoms with E-state index in [9.17, 15) is 0 Å². The molecule has 6 heteroatoms. The zero-order chi connectivity index (χ0) is 10.8. The number of halogens is 1. The van der Waals surface area contributed by atoms with Crippen molar-refractivity contribution in [2.45, 2.75) is 5.22 Å². The lowest BCUT2D eigenvalue weighted by Crippen LogP contribution is -1.86. The average molecular weight is 242 g/mol. The van der Waals surface area contributed by atoms with E-state index in [1.807, 2.05) is 6.26 Å². The zero-order valence-electron chi connectivity index (χ0n) is 7.90. The molecule has 78 valence electrons. The van der Waals surface area contributed by atoms with Gasteiger partial charge in [0.1, 0.15) is 0 Å². The third kappa shape index (κ3) is 2.08. The third-order valence-electron chi connectivity index (χ3n) is 1.80. The fourth-order valence-corrected chi connectivity index (χ4v) is 1.59. The van der Waals surface area contributed by atoms with Crippen molar-refractivity contribution < 1.29 is 4.42 Å². The summed E-state index contributed by atoms with van der Waals surface area (Å²) in [6, 6.07) is 5.13. The highest BCUT2D eigenvalue weighted by Gasteiger charge is 2.11. The smallest absolute Gasteiger partial charge is 0.276 e. The molecule has 0 saturated carbocycles. The van der Waals surface area contributed by atoms with Gasteiger partial charge >= 0.3 is 0 Å². The van der Waals surface area contributed by atoms with Crippen LogP contribution in [0.15, 0.2) is 27.8 Å². The van der Waals surface area contributed by atoms with Crippen LogP contribution in [0.4, 0.5) is 5.69 Å². The molecule has 1 heterocycles. The Balaban J connectivity index is 2.48. The van der Waals surface area contributed by atoms with Crippen LogP contribution < -0.4 is 5.73 Å². The van der Waals surface area contributed by atoms with Crippen molar-refractivity contribution in [3.63, 3.8) is 0 Å². The van der Waals surface area contributed by atoms with Crippen molar-refractivity contribution in [2.75, 3.05) is 12.0 Å². The van der Waals surface area contributed by atoms with Gasteiger partial charge in [0.05, 0.1) is 10.6 Å². The molecule has 0 aliphatic rings. The minimum Gasteiger partial charge on any atom is -0.411 e. The number of nitrogens with two attached hydrogens (primary N) is 1. The number of thioether (sulfide) groups is 1. The Morgan fingerprint density at radius 1 is 1.40 bits per heavy atom. The molecule has 0 bridgehead atoms. The molecule has 0 fully saturated rings. The summed E-state index contributed by atoms with van der Waals surface area (Å²) in [6.45, 7) is 0. The molecule has 0 spiro atoms. The third-order valence-corrected chi connectivity index (χ3v) is 2.65. The van der Waals surface area contributed by atoms with Gasteiger partial charge in [-0.1, -0.05) is 23.4 Å². The molecule has 0 aliphatic carbocycles. The van der Waals surface area contributed by atoms with Crippen LogP contribution >= 0.6 is 23.4 Å². The number of nitrogen functional groups attached to an aromatic ring is 1. The molecular weight excluding hydrogens is 234 g/mol. The van der Waals surface area contributed by atoms with Gasteiger partial charge in [-0.15, -0.1) is 10.2 Å². The van der Waals surface area contributed by atoms with Crippen molar-refractivity contribution in [2.24, 2.45) is 0 Å². The standard InChI is InChI=1S/C9H8ClN3OS/c1-15-9-13-12-8(14-9)6-4-5(11)2-3-7(6)10/h2-4H,11H2,1H3. The summed E-state index contributed by atoms with van der Waals surface area (Å²) in [5.41, 5.74) is 6.92. The van der Waals surface area contributed by atoms with Crippen LogP contribution in [0.1, 0.15) is 0 Å². The summed E-state index contributed by atoms with van der Waals surface area (Å²) in [7, 11) is 0. The number of aromatic nitrogens is 2. The number of anilines is 1. The lowest BCUT2D eigenvalue weighted by atomic mass is 10.2. The van der Waals surface area contributed by atoms with Gasteiger partial charge in [0.25, 0.3) is 5.22 Å². The molecule has 1 aromatic heterocycles. The maximum Gasteiger partial charge on any atom is 0.276 e. The van der Waals surface area contributed by atoms with E-state index in [1.54, 1.807) is 18.2 Å². The summed E-state index contributed by atoms with van der Waals surface area (Å²) in [5.74, 6) is 0.386. The Morgan fingerprint density at radius 3 is 2.87 bits per heavy atom. The Morgan fingerprint density at radius 2 is 2.20 bits per heavy atom. The number of nitrogens with zero attached hydrogens (tertiary/aromatic N) is 2. The molecular formula is C9H8ClN3OS. The van der Waals surface area contributed by atoms with Gasteiger partial charge in [0.2, 0.25) is 5.89 Å². The molecule has 0 aliphatic heterocycles. The van der Waals surface area contributed by atoms with E-state index in [2.05, 4.69) is 10.2 Å². The van der Waals surface area contributed by atoms with Gasteiger partial charge in [0, 0.05) is 5.69 Å². The molecule has 4 nitrogen and oxygen atoms in total. The van der Waals surface area contributed by atoms with Crippen LogP contribution in [0.3, 0.4) is 0 Å². The Bertz CT molecular complexity index is 486. The van der Waals surface area contributed by atoms with E-state index < -0.39 is 0 Å². The molecule has 0 unspecified atom stereocenters. The highest BCUT2D eigenvalue weighted by molar-refractivity contribution is 7.98. The molecule has 0 amide bonds. The zero-order valence-corrected chi connectivity index (χ0v) is 9.47. The summed E-state index contributed by atoms with van der Waals surface area (Å²) in [4.78, 5) is 0. The Hall–Kier alpha value is -1.20. The van der Waals surface area contributed by atoms with Gasteiger partial charge in [0.15, 0.2) is 0 Å². The van der Waals surface area contributed by atoms with Crippen molar-refractivity contribution in [1.82, 2.24) is 10.2 Å². The number of rotatable bonds is 2. The SMILES string of the molecule is CSc1nnc(-c2cc(N)ccc2Cl)o1. The van der Waals surface area contributed by atoms with Crippen molar-refractivity contribution in [1.29, 1.82) is 0 Å². The largest absolute Gasteiger partial charge is 0.411 e. The first kappa shape index (κ1) is 10.3. The first-order valence-electron chi connectivity index (χ1n) is 4.13. The Labute approximate surface area is 95.8 Å². The van der Waals surface area contributed by atoms with E-state index in [4.69, 9.17) is 21.8 Å². The predicted octanol–water partition coefficient (Wildman–Crippen LogP) is 2.69. The van der Waals surface area contributed by atoms with Crippen LogP contribution in [0, 0.1) is 0 Å². The molecule has 2 rings (SSSR count). The topological polar surface area (TPSA) is 64.9 Å². The second kappa shape index (κ2) is 4.12. The van der Waals surface area contributed by atoms with Gasteiger partial charge < -0.3 is 10.2 Å². The molecule has 0 radical (unpaired) electrons. The lowest BCUT2D eigenvalue weighted by Gasteiger charge is -1.99. The second-order valence-corrected chi connectivity index (χ2v) is 3.98. The summed E-state index contributed by atoms with van der Waals surface area (Å²) in [5, 5.41) is 8.76. The van der Waals surface area contributed by atoms with Crippen molar-refractivity contribution in [3.05, 3.63) is 23.2 Å². The van der Waals surface area contributed by atoms with Crippen molar-refractivity contribution >= 4 is 29.1 Å². The highest BCUT2D eigenvalue weighted by atomic mass is 35.5. The predicted molar refractivity (Wildman–Crippen MR) is 60.9 cm³/mol. The van der Waals surface area contributed by atoms with E-state index in [0.717, 1.165) is 0 Å². The van der Waals surface area contributed by atoms with Crippen LogP contribution in [-0.4, -0.2) is 16.5 Å². The normalized spacial score (nSPS) is 10.5. The first-order chi connectivity index (χ1) is 7.20. The second-order valence-electron chi connectivity index (χ2n) is 2.82. The fraction of sp³-hybridized carbons (Fsp3) is 0.111. The minimum absolute atomic E-state index is 0.386. The summed E-state index contributed by atoms with van der Waals surface area (Å²) in [6.07, 6.45) is 1.86. The Kier molecular flexibility index (Phi) is 2.83.